The molecular weight excluding hydrogens is 208 g/mol. The van der Waals surface area contributed by atoms with Gasteiger partial charge < -0.3 is 5.32 Å². The van der Waals surface area contributed by atoms with Gasteiger partial charge in [-0.1, -0.05) is 19.8 Å². The van der Waals surface area contributed by atoms with Crippen LogP contribution in [0.5, 0.6) is 0 Å². The second-order valence-corrected chi connectivity index (χ2v) is 6.05. The van der Waals surface area contributed by atoms with Gasteiger partial charge in [0.25, 0.3) is 0 Å². The molecule has 1 unspecified atom stereocenters. The maximum absolute atomic E-state index is 3.59. The second kappa shape index (κ2) is 6.75. The van der Waals surface area contributed by atoms with Gasteiger partial charge in [-0.2, -0.15) is 0 Å². The molecule has 2 rings (SSSR count). The average Bonchev–Trinajstić information content (AvgIpc) is 2.38. The van der Waals surface area contributed by atoms with Gasteiger partial charge >= 0.3 is 0 Å². The highest BCUT2D eigenvalue weighted by atomic mass is 15.2. The molecule has 0 spiro atoms. The van der Waals surface area contributed by atoms with E-state index in [-0.39, 0.29) is 0 Å². The summed E-state index contributed by atoms with van der Waals surface area (Å²) >= 11 is 0. The summed E-state index contributed by atoms with van der Waals surface area (Å²) in [5, 5.41) is 3.59. The molecule has 2 aliphatic rings. The first-order chi connectivity index (χ1) is 8.33. The van der Waals surface area contributed by atoms with Crippen LogP contribution < -0.4 is 5.32 Å². The van der Waals surface area contributed by atoms with Gasteiger partial charge in [-0.25, -0.2) is 0 Å². The van der Waals surface area contributed by atoms with E-state index >= 15 is 0 Å². The number of nitrogens with one attached hydrogen (secondary N) is 1. The fourth-order valence-corrected chi connectivity index (χ4v) is 3.82. The minimum Gasteiger partial charge on any atom is -0.315 e. The van der Waals surface area contributed by atoms with Gasteiger partial charge in [0.2, 0.25) is 0 Å². The van der Waals surface area contributed by atoms with E-state index in [2.05, 4.69) is 24.1 Å². The second-order valence-electron chi connectivity index (χ2n) is 6.05. The maximum atomic E-state index is 3.59. The van der Waals surface area contributed by atoms with Crippen LogP contribution >= 0.6 is 0 Å². The van der Waals surface area contributed by atoms with E-state index < -0.39 is 0 Å². The molecule has 100 valence electrons. The van der Waals surface area contributed by atoms with Crippen molar-refractivity contribution in [3.05, 3.63) is 0 Å². The summed E-state index contributed by atoms with van der Waals surface area (Å²) in [4.78, 5) is 2.82. The zero-order chi connectivity index (χ0) is 12.1. The molecule has 0 radical (unpaired) electrons. The lowest BCUT2D eigenvalue weighted by atomic mass is 9.78. The fraction of sp³-hybridized carbons (Fsp3) is 1.00. The molecule has 1 aliphatic carbocycles. The summed E-state index contributed by atoms with van der Waals surface area (Å²) in [6.07, 6.45) is 10.1. The van der Waals surface area contributed by atoms with Crippen LogP contribution in [0.15, 0.2) is 0 Å². The number of hydrogen-bond donors (Lipinski definition) is 1. The van der Waals surface area contributed by atoms with Crippen LogP contribution in [0.1, 0.15) is 58.8 Å². The summed E-state index contributed by atoms with van der Waals surface area (Å²) in [5.41, 5.74) is 0. The smallest absolute Gasteiger partial charge is 0.0195 e. The number of rotatable bonds is 5. The molecule has 17 heavy (non-hydrogen) atoms. The van der Waals surface area contributed by atoms with Gasteiger partial charge in [0, 0.05) is 18.6 Å². The Bertz CT molecular complexity index is 215. The number of likely N-dealkylation sites (tertiary alicyclic amines) is 1. The van der Waals surface area contributed by atoms with E-state index in [9.17, 15) is 0 Å². The van der Waals surface area contributed by atoms with Crippen LogP contribution in [0.4, 0.5) is 0 Å². The molecule has 0 amide bonds. The summed E-state index contributed by atoms with van der Waals surface area (Å²) < 4.78 is 0. The molecule has 2 fully saturated rings. The van der Waals surface area contributed by atoms with E-state index in [1.807, 2.05) is 0 Å². The molecular formula is C15H30N2. The predicted molar refractivity (Wildman–Crippen MR) is 74.3 cm³/mol. The van der Waals surface area contributed by atoms with E-state index in [4.69, 9.17) is 0 Å². The molecule has 0 aromatic heterocycles. The van der Waals surface area contributed by atoms with Crippen LogP contribution in [0.25, 0.3) is 0 Å². The van der Waals surface area contributed by atoms with Crippen LogP contribution in [-0.4, -0.2) is 36.6 Å². The van der Waals surface area contributed by atoms with Crippen molar-refractivity contribution in [3.8, 4) is 0 Å². The Hall–Kier alpha value is -0.0800. The lowest BCUT2D eigenvalue weighted by molar-refractivity contribution is 0.0316. The molecule has 0 aromatic rings. The van der Waals surface area contributed by atoms with Crippen molar-refractivity contribution in [1.82, 2.24) is 10.2 Å². The van der Waals surface area contributed by atoms with Crippen molar-refractivity contribution in [2.45, 2.75) is 70.9 Å². The van der Waals surface area contributed by atoms with E-state index in [0.29, 0.717) is 0 Å². The van der Waals surface area contributed by atoms with Crippen molar-refractivity contribution < 1.29 is 0 Å². The zero-order valence-corrected chi connectivity index (χ0v) is 11.8. The minimum absolute atomic E-state index is 0.729. The summed E-state index contributed by atoms with van der Waals surface area (Å²) in [7, 11) is 0. The molecule has 2 heteroatoms. The molecule has 1 saturated carbocycles. The monoisotopic (exact) mass is 238 g/mol. The number of fused-ring (bicyclic) bond motifs is 1. The molecule has 0 aromatic carbocycles. The van der Waals surface area contributed by atoms with Crippen LogP contribution in [0.3, 0.4) is 0 Å². The Morgan fingerprint density at radius 1 is 1.18 bits per heavy atom. The van der Waals surface area contributed by atoms with Crippen molar-refractivity contribution in [2.24, 2.45) is 5.92 Å². The summed E-state index contributed by atoms with van der Waals surface area (Å²) in [6, 6.07) is 1.64. The van der Waals surface area contributed by atoms with Crippen LogP contribution in [0.2, 0.25) is 0 Å². The van der Waals surface area contributed by atoms with Crippen molar-refractivity contribution >= 4 is 0 Å². The number of piperidine rings is 1. The van der Waals surface area contributed by atoms with Gasteiger partial charge in [0.1, 0.15) is 0 Å². The fourth-order valence-electron chi connectivity index (χ4n) is 3.82. The van der Waals surface area contributed by atoms with Gasteiger partial charge in [-0.15, -0.1) is 0 Å². The lowest BCUT2D eigenvalue weighted by Crippen LogP contribution is -2.53. The van der Waals surface area contributed by atoms with Crippen LogP contribution in [-0.2, 0) is 0 Å². The first kappa shape index (κ1) is 13.4. The Kier molecular flexibility index (Phi) is 5.30. The standard InChI is InChI=1S/C15H30N2/c1-3-10-16-12-13(2)17-11-6-8-14-7-4-5-9-15(14)17/h13-16H,3-12H2,1-2H3/t13?,14-,15-/m1/s1. The largest absolute Gasteiger partial charge is 0.315 e. The highest BCUT2D eigenvalue weighted by Crippen LogP contribution is 2.36. The SMILES string of the molecule is CCCNCC(C)N1CCC[C@H]2CCCC[C@H]21. The normalized spacial score (nSPS) is 32.1. The minimum atomic E-state index is 0.729. The molecule has 2 nitrogen and oxygen atoms in total. The predicted octanol–water partition coefficient (Wildman–Crippen LogP) is 3.03. The summed E-state index contributed by atoms with van der Waals surface area (Å²) in [6.45, 7) is 8.36. The van der Waals surface area contributed by atoms with Crippen LogP contribution in [0, 0.1) is 5.92 Å². The van der Waals surface area contributed by atoms with Crippen molar-refractivity contribution in [3.63, 3.8) is 0 Å². The summed E-state index contributed by atoms with van der Waals surface area (Å²) in [5.74, 6) is 1.02. The van der Waals surface area contributed by atoms with Crippen molar-refractivity contribution in [2.75, 3.05) is 19.6 Å². The third-order valence-electron chi connectivity index (χ3n) is 4.72. The third kappa shape index (κ3) is 3.45. The molecule has 3 atom stereocenters. The van der Waals surface area contributed by atoms with Gasteiger partial charge in [0.15, 0.2) is 0 Å². The topological polar surface area (TPSA) is 15.3 Å². The molecule has 1 saturated heterocycles. The molecule has 1 aliphatic heterocycles. The highest BCUT2D eigenvalue weighted by molar-refractivity contribution is 4.89. The van der Waals surface area contributed by atoms with E-state index in [0.717, 1.165) is 18.0 Å². The van der Waals surface area contributed by atoms with E-state index in [1.165, 1.54) is 64.6 Å². The number of nitrogens with zero attached hydrogens (tertiary/aromatic N) is 1. The van der Waals surface area contributed by atoms with Gasteiger partial charge in [0.05, 0.1) is 0 Å². The average molecular weight is 238 g/mol. The Morgan fingerprint density at radius 3 is 2.76 bits per heavy atom. The van der Waals surface area contributed by atoms with Gasteiger partial charge in [-0.3, -0.25) is 4.90 Å². The Balaban J connectivity index is 1.84. The first-order valence-corrected chi connectivity index (χ1v) is 7.79. The van der Waals surface area contributed by atoms with Gasteiger partial charge in [-0.05, 0) is 58.0 Å². The van der Waals surface area contributed by atoms with Crippen molar-refractivity contribution in [1.29, 1.82) is 0 Å². The maximum Gasteiger partial charge on any atom is 0.0195 e. The first-order valence-electron chi connectivity index (χ1n) is 7.79. The Morgan fingerprint density at radius 2 is 1.94 bits per heavy atom. The molecule has 0 bridgehead atoms. The quantitative estimate of drug-likeness (QED) is 0.741. The Labute approximate surface area is 107 Å². The molecule has 1 heterocycles. The molecule has 1 N–H and O–H groups in total. The number of hydrogen-bond acceptors (Lipinski definition) is 2. The van der Waals surface area contributed by atoms with E-state index in [1.54, 1.807) is 0 Å². The highest BCUT2D eigenvalue weighted by Gasteiger charge is 2.34. The third-order valence-corrected chi connectivity index (χ3v) is 4.72. The zero-order valence-electron chi connectivity index (χ0n) is 11.8. The lowest BCUT2D eigenvalue weighted by Gasteiger charge is -2.47.